The molecular weight excluding hydrogens is 290 g/mol. The molecule has 126 valence electrons. The zero-order valence-corrected chi connectivity index (χ0v) is 13.9. The van der Waals surface area contributed by atoms with Crippen molar-refractivity contribution in [1.29, 1.82) is 0 Å². The molecule has 1 aliphatic rings. The number of amides is 2. The van der Waals surface area contributed by atoms with Crippen molar-refractivity contribution < 1.29 is 9.59 Å². The smallest absolute Gasteiger partial charge is 0.237 e. The van der Waals surface area contributed by atoms with Gasteiger partial charge in [-0.1, -0.05) is 37.3 Å². The second-order valence-corrected chi connectivity index (χ2v) is 6.50. The van der Waals surface area contributed by atoms with Gasteiger partial charge in [0, 0.05) is 26.1 Å². The number of nitrogens with zero attached hydrogens (tertiary/aromatic N) is 2. The molecule has 23 heavy (non-hydrogen) atoms. The predicted octanol–water partition coefficient (Wildman–Crippen LogP) is 1.62. The van der Waals surface area contributed by atoms with Crippen molar-refractivity contribution in [1.82, 2.24) is 9.80 Å². The van der Waals surface area contributed by atoms with Gasteiger partial charge in [-0.2, -0.15) is 0 Å². The van der Waals surface area contributed by atoms with Crippen LogP contribution in [-0.2, 0) is 16.1 Å². The van der Waals surface area contributed by atoms with Gasteiger partial charge in [-0.05, 0) is 30.9 Å². The van der Waals surface area contributed by atoms with Gasteiger partial charge in [0.2, 0.25) is 11.8 Å². The third-order valence-corrected chi connectivity index (χ3v) is 4.30. The number of primary amides is 1. The van der Waals surface area contributed by atoms with Crippen LogP contribution in [0, 0.1) is 5.92 Å². The Balaban J connectivity index is 1.96. The molecule has 1 aromatic rings. The highest BCUT2D eigenvalue weighted by atomic mass is 16.2. The molecule has 0 aliphatic carbocycles. The summed E-state index contributed by atoms with van der Waals surface area (Å²) in [5.74, 6) is 0.344. The summed E-state index contributed by atoms with van der Waals surface area (Å²) < 4.78 is 0. The van der Waals surface area contributed by atoms with Gasteiger partial charge in [0.25, 0.3) is 0 Å². The standard InChI is InChI=1S/C18H27N3O2/c1-15-6-5-10-20(12-15)14-18(23)21(11-9-17(19)22)13-16-7-3-2-4-8-16/h2-4,7-8,15H,5-6,9-14H2,1H3,(H2,19,22)/t15-/m0/s1. The Hall–Kier alpha value is -1.88. The molecule has 1 saturated heterocycles. The number of hydrogen-bond donors (Lipinski definition) is 1. The van der Waals surface area contributed by atoms with Gasteiger partial charge >= 0.3 is 0 Å². The number of likely N-dealkylation sites (tertiary alicyclic amines) is 1. The predicted molar refractivity (Wildman–Crippen MR) is 90.5 cm³/mol. The first kappa shape index (κ1) is 17.5. The van der Waals surface area contributed by atoms with Crippen LogP contribution in [-0.4, -0.2) is 47.8 Å². The molecule has 0 unspecified atom stereocenters. The molecule has 2 rings (SSSR count). The Morgan fingerprint density at radius 1 is 1.30 bits per heavy atom. The van der Waals surface area contributed by atoms with Gasteiger partial charge in [0.05, 0.1) is 6.54 Å². The fourth-order valence-corrected chi connectivity index (χ4v) is 3.06. The molecule has 5 nitrogen and oxygen atoms in total. The molecule has 1 aromatic carbocycles. The number of carbonyl (C=O) groups excluding carboxylic acids is 2. The Bertz CT molecular complexity index is 518. The normalized spacial score (nSPS) is 18.6. The minimum absolute atomic E-state index is 0.0733. The van der Waals surface area contributed by atoms with Crippen LogP contribution in [0.15, 0.2) is 30.3 Å². The maximum atomic E-state index is 12.7. The van der Waals surface area contributed by atoms with Crippen LogP contribution in [0.1, 0.15) is 31.7 Å². The minimum atomic E-state index is -0.373. The zero-order valence-electron chi connectivity index (χ0n) is 13.9. The molecule has 2 amide bonds. The van der Waals surface area contributed by atoms with Gasteiger partial charge in [-0.15, -0.1) is 0 Å². The number of rotatable bonds is 7. The van der Waals surface area contributed by atoms with E-state index in [-0.39, 0.29) is 18.2 Å². The Kier molecular flexibility index (Phi) is 6.59. The maximum absolute atomic E-state index is 12.7. The van der Waals surface area contributed by atoms with Crippen LogP contribution in [0.25, 0.3) is 0 Å². The van der Waals surface area contributed by atoms with E-state index < -0.39 is 0 Å². The number of nitrogens with two attached hydrogens (primary N) is 1. The molecule has 0 bridgehead atoms. The van der Waals surface area contributed by atoms with Gasteiger partial charge < -0.3 is 10.6 Å². The van der Waals surface area contributed by atoms with E-state index in [9.17, 15) is 9.59 Å². The number of benzene rings is 1. The summed E-state index contributed by atoms with van der Waals surface area (Å²) in [5.41, 5.74) is 6.32. The van der Waals surface area contributed by atoms with Crippen LogP contribution < -0.4 is 5.73 Å². The summed E-state index contributed by atoms with van der Waals surface area (Å²) in [4.78, 5) is 27.7. The van der Waals surface area contributed by atoms with Crippen molar-refractivity contribution in [2.45, 2.75) is 32.7 Å². The topological polar surface area (TPSA) is 66.6 Å². The summed E-state index contributed by atoms with van der Waals surface area (Å²) in [6.07, 6.45) is 2.59. The van der Waals surface area contributed by atoms with E-state index in [1.54, 1.807) is 4.90 Å². The first-order valence-electron chi connectivity index (χ1n) is 8.37. The van der Waals surface area contributed by atoms with Crippen molar-refractivity contribution in [3.8, 4) is 0 Å². The highest BCUT2D eigenvalue weighted by molar-refractivity contribution is 5.79. The highest BCUT2D eigenvalue weighted by Gasteiger charge is 2.22. The third kappa shape index (κ3) is 6.02. The Labute approximate surface area is 138 Å². The highest BCUT2D eigenvalue weighted by Crippen LogP contribution is 2.15. The third-order valence-electron chi connectivity index (χ3n) is 4.30. The molecule has 0 spiro atoms. The molecule has 0 aromatic heterocycles. The van der Waals surface area contributed by atoms with Crippen LogP contribution in [0.3, 0.4) is 0 Å². The van der Waals surface area contributed by atoms with Crippen molar-refractivity contribution >= 4 is 11.8 Å². The first-order chi connectivity index (χ1) is 11.0. The van der Waals surface area contributed by atoms with Crippen molar-refractivity contribution in [2.75, 3.05) is 26.2 Å². The number of carbonyl (C=O) groups is 2. The quantitative estimate of drug-likeness (QED) is 0.831. The van der Waals surface area contributed by atoms with Gasteiger partial charge in [0.15, 0.2) is 0 Å². The molecule has 1 heterocycles. The molecule has 1 atom stereocenters. The largest absolute Gasteiger partial charge is 0.370 e. The molecule has 5 heteroatoms. The second kappa shape index (κ2) is 8.67. The lowest BCUT2D eigenvalue weighted by molar-refractivity contribution is -0.134. The monoisotopic (exact) mass is 317 g/mol. The van der Waals surface area contributed by atoms with Crippen LogP contribution in [0.2, 0.25) is 0 Å². The van der Waals surface area contributed by atoms with E-state index in [0.29, 0.717) is 25.6 Å². The van der Waals surface area contributed by atoms with Crippen LogP contribution in [0.4, 0.5) is 0 Å². The van der Waals surface area contributed by atoms with E-state index in [1.807, 2.05) is 30.3 Å². The van der Waals surface area contributed by atoms with E-state index >= 15 is 0 Å². The van der Waals surface area contributed by atoms with E-state index in [0.717, 1.165) is 25.1 Å². The molecule has 2 N–H and O–H groups in total. The molecular formula is C18H27N3O2. The van der Waals surface area contributed by atoms with Crippen LogP contribution in [0.5, 0.6) is 0 Å². The molecule has 0 radical (unpaired) electrons. The molecule has 0 saturated carbocycles. The van der Waals surface area contributed by atoms with Crippen molar-refractivity contribution in [3.63, 3.8) is 0 Å². The minimum Gasteiger partial charge on any atom is -0.370 e. The van der Waals surface area contributed by atoms with Gasteiger partial charge in [0.1, 0.15) is 0 Å². The molecule has 1 aliphatic heterocycles. The van der Waals surface area contributed by atoms with Crippen molar-refractivity contribution in [3.05, 3.63) is 35.9 Å². The maximum Gasteiger partial charge on any atom is 0.237 e. The lowest BCUT2D eigenvalue weighted by Gasteiger charge is -2.32. The Morgan fingerprint density at radius 3 is 2.70 bits per heavy atom. The molecule has 1 fully saturated rings. The summed E-state index contributed by atoms with van der Waals surface area (Å²) in [5, 5.41) is 0. The van der Waals surface area contributed by atoms with E-state index in [4.69, 9.17) is 5.73 Å². The van der Waals surface area contributed by atoms with Gasteiger partial charge in [-0.25, -0.2) is 0 Å². The first-order valence-corrected chi connectivity index (χ1v) is 8.37. The number of hydrogen-bond acceptors (Lipinski definition) is 3. The lowest BCUT2D eigenvalue weighted by Crippen LogP contribution is -2.44. The summed E-state index contributed by atoms with van der Waals surface area (Å²) in [7, 11) is 0. The average molecular weight is 317 g/mol. The Morgan fingerprint density at radius 2 is 2.04 bits per heavy atom. The zero-order chi connectivity index (χ0) is 16.7. The van der Waals surface area contributed by atoms with Crippen LogP contribution >= 0.6 is 0 Å². The number of piperidine rings is 1. The van der Waals surface area contributed by atoms with E-state index in [2.05, 4.69) is 11.8 Å². The fourth-order valence-electron chi connectivity index (χ4n) is 3.06. The summed E-state index contributed by atoms with van der Waals surface area (Å²) in [6.45, 7) is 5.51. The fraction of sp³-hybridized carbons (Fsp3) is 0.556. The average Bonchev–Trinajstić information content (AvgIpc) is 2.52. The SMILES string of the molecule is C[C@H]1CCCN(CC(=O)N(CCC(N)=O)Cc2ccccc2)C1. The second-order valence-electron chi connectivity index (χ2n) is 6.50. The summed E-state index contributed by atoms with van der Waals surface area (Å²) in [6, 6.07) is 9.85. The van der Waals surface area contributed by atoms with Crippen molar-refractivity contribution in [2.24, 2.45) is 11.7 Å². The van der Waals surface area contributed by atoms with Gasteiger partial charge in [-0.3, -0.25) is 14.5 Å². The lowest BCUT2D eigenvalue weighted by atomic mass is 10.0. The summed E-state index contributed by atoms with van der Waals surface area (Å²) >= 11 is 0. The van der Waals surface area contributed by atoms with E-state index in [1.165, 1.54) is 6.42 Å².